The number of halogens is 2. The summed E-state index contributed by atoms with van der Waals surface area (Å²) in [6.07, 6.45) is 0.957. The van der Waals surface area contributed by atoms with E-state index in [4.69, 9.17) is 11.6 Å². The van der Waals surface area contributed by atoms with E-state index in [2.05, 4.69) is 34.2 Å². The predicted octanol–water partition coefficient (Wildman–Crippen LogP) is 4.59. The Hall–Kier alpha value is -1.32. The summed E-state index contributed by atoms with van der Waals surface area (Å²) in [4.78, 5) is 12.1. The molecule has 2 rings (SSSR count). The van der Waals surface area contributed by atoms with Crippen molar-refractivity contribution in [2.75, 3.05) is 0 Å². The molecule has 1 amide bonds. The number of hydrogen-bond acceptors (Lipinski definition) is 1. The Morgan fingerprint density at radius 3 is 2.55 bits per heavy atom. The third-order valence-corrected chi connectivity index (χ3v) is 4.33. The Bertz CT molecular complexity index is 628. The van der Waals surface area contributed by atoms with Crippen molar-refractivity contribution >= 4 is 33.4 Å². The van der Waals surface area contributed by atoms with Crippen LogP contribution in [0.1, 0.15) is 28.4 Å². The topological polar surface area (TPSA) is 29.1 Å². The summed E-state index contributed by atoms with van der Waals surface area (Å²) in [5.74, 6) is -0.103. The lowest BCUT2D eigenvalue weighted by atomic mass is 10.1. The zero-order valence-corrected chi connectivity index (χ0v) is 13.5. The zero-order chi connectivity index (χ0) is 14.5. The SMILES string of the molecule is CCc1ccccc1CNC(=O)c1ccc(Cl)c(Br)c1. The average molecular weight is 353 g/mol. The van der Waals surface area contributed by atoms with Crippen molar-refractivity contribution in [3.63, 3.8) is 0 Å². The van der Waals surface area contributed by atoms with Gasteiger partial charge in [-0.15, -0.1) is 0 Å². The van der Waals surface area contributed by atoms with Crippen LogP contribution >= 0.6 is 27.5 Å². The van der Waals surface area contributed by atoms with E-state index in [1.807, 2.05) is 18.2 Å². The first-order valence-corrected chi connectivity index (χ1v) is 7.59. The van der Waals surface area contributed by atoms with E-state index in [1.165, 1.54) is 5.56 Å². The van der Waals surface area contributed by atoms with E-state index in [9.17, 15) is 4.79 Å². The zero-order valence-electron chi connectivity index (χ0n) is 11.1. The Labute approximate surface area is 132 Å². The number of hydrogen-bond donors (Lipinski definition) is 1. The van der Waals surface area contributed by atoms with Crippen LogP contribution in [-0.4, -0.2) is 5.91 Å². The second-order valence-electron chi connectivity index (χ2n) is 4.43. The highest BCUT2D eigenvalue weighted by Gasteiger charge is 2.08. The molecule has 0 spiro atoms. The molecule has 0 radical (unpaired) electrons. The van der Waals surface area contributed by atoms with Crippen molar-refractivity contribution in [1.82, 2.24) is 5.32 Å². The van der Waals surface area contributed by atoms with Gasteiger partial charge in [0.05, 0.1) is 5.02 Å². The van der Waals surface area contributed by atoms with Crippen molar-refractivity contribution in [2.45, 2.75) is 19.9 Å². The molecule has 0 unspecified atom stereocenters. The molecule has 0 aliphatic rings. The highest BCUT2D eigenvalue weighted by atomic mass is 79.9. The van der Waals surface area contributed by atoms with Crippen LogP contribution in [0.2, 0.25) is 5.02 Å². The molecule has 104 valence electrons. The molecule has 2 aromatic carbocycles. The van der Waals surface area contributed by atoms with Gasteiger partial charge < -0.3 is 5.32 Å². The molecule has 0 bridgehead atoms. The Morgan fingerprint density at radius 1 is 1.20 bits per heavy atom. The average Bonchev–Trinajstić information content (AvgIpc) is 2.47. The van der Waals surface area contributed by atoms with E-state index in [1.54, 1.807) is 18.2 Å². The molecule has 0 fully saturated rings. The van der Waals surface area contributed by atoms with Crippen molar-refractivity contribution in [1.29, 1.82) is 0 Å². The van der Waals surface area contributed by atoms with Gasteiger partial charge in [0.1, 0.15) is 0 Å². The minimum atomic E-state index is -0.103. The number of nitrogens with one attached hydrogen (secondary N) is 1. The molecule has 0 aliphatic heterocycles. The summed E-state index contributed by atoms with van der Waals surface area (Å²) in [5.41, 5.74) is 3.00. The van der Waals surface area contributed by atoms with Crippen molar-refractivity contribution in [2.24, 2.45) is 0 Å². The van der Waals surface area contributed by atoms with E-state index >= 15 is 0 Å². The molecule has 0 saturated heterocycles. The van der Waals surface area contributed by atoms with E-state index < -0.39 is 0 Å². The van der Waals surface area contributed by atoms with Gasteiger partial charge in [0.25, 0.3) is 5.91 Å². The molecule has 2 nitrogen and oxygen atoms in total. The summed E-state index contributed by atoms with van der Waals surface area (Å²) in [6, 6.07) is 13.3. The maximum atomic E-state index is 12.1. The molecule has 0 heterocycles. The Morgan fingerprint density at radius 2 is 1.90 bits per heavy atom. The van der Waals surface area contributed by atoms with Crippen LogP contribution in [0.15, 0.2) is 46.9 Å². The van der Waals surface area contributed by atoms with Crippen LogP contribution in [0.5, 0.6) is 0 Å². The van der Waals surface area contributed by atoms with Gasteiger partial charge in [-0.25, -0.2) is 0 Å². The number of carbonyl (C=O) groups is 1. The lowest BCUT2D eigenvalue weighted by molar-refractivity contribution is 0.0951. The summed E-state index contributed by atoms with van der Waals surface area (Å²) in [5, 5.41) is 3.53. The van der Waals surface area contributed by atoms with Gasteiger partial charge in [-0.3, -0.25) is 4.79 Å². The lowest BCUT2D eigenvalue weighted by Crippen LogP contribution is -2.23. The molecule has 0 saturated carbocycles. The Balaban J connectivity index is 2.06. The van der Waals surface area contributed by atoms with Crippen LogP contribution in [0, 0.1) is 0 Å². The van der Waals surface area contributed by atoms with Gasteiger partial charge in [0.2, 0.25) is 0 Å². The molecule has 0 aliphatic carbocycles. The predicted molar refractivity (Wildman–Crippen MR) is 86.1 cm³/mol. The second kappa shape index (κ2) is 6.91. The van der Waals surface area contributed by atoms with E-state index in [0.29, 0.717) is 17.1 Å². The van der Waals surface area contributed by atoms with Crippen LogP contribution in [0.3, 0.4) is 0 Å². The first-order valence-electron chi connectivity index (χ1n) is 6.42. The molecular formula is C16H15BrClNO. The summed E-state index contributed by atoms with van der Waals surface area (Å²) < 4.78 is 0.723. The minimum absolute atomic E-state index is 0.103. The highest BCUT2D eigenvalue weighted by molar-refractivity contribution is 9.10. The van der Waals surface area contributed by atoms with Crippen LogP contribution < -0.4 is 5.32 Å². The van der Waals surface area contributed by atoms with Gasteiger partial charge in [-0.2, -0.15) is 0 Å². The third kappa shape index (κ3) is 3.62. The monoisotopic (exact) mass is 351 g/mol. The van der Waals surface area contributed by atoms with Crippen molar-refractivity contribution in [3.8, 4) is 0 Å². The molecule has 0 aromatic heterocycles. The van der Waals surface area contributed by atoms with Gasteiger partial charge in [-0.05, 0) is 51.7 Å². The molecule has 0 atom stereocenters. The van der Waals surface area contributed by atoms with Crippen molar-refractivity contribution < 1.29 is 4.79 Å². The maximum absolute atomic E-state index is 12.1. The van der Waals surface area contributed by atoms with E-state index in [-0.39, 0.29) is 5.91 Å². The number of carbonyl (C=O) groups excluding carboxylic acids is 1. The maximum Gasteiger partial charge on any atom is 0.251 e. The number of amides is 1. The molecule has 4 heteroatoms. The lowest BCUT2D eigenvalue weighted by Gasteiger charge is -2.09. The summed E-state index contributed by atoms with van der Waals surface area (Å²) in [7, 11) is 0. The number of rotatable bonds is 4. The first kappa shape index (κ1) is 15.1. The number of aryl methyl sites for hydroxylation is 1. The highest BCUT2D eigenvalue weighted by Crippen LogP contribution is 2.23. The van der Waals surface area contributed by atoms with Crippen LogP contribution in [-0.2, 0) is 13.0 Å². The largest absolute Gasteiger partial charge is 0.348 e. The quantitative estimate of drug-likeness (QED) is 0.856. The summed E-state index contributed by atoms with van der Waals surface area (Å²) >= 11 is 9.24. The van der Waals surface area contributed by atoms with Gasteiger partial charge >= 0.3 is 0 Å². The van der Waals surface area contributed by atoms with Crippen LogP contribution in [0.4, 0.5) is 0 Å². The second-order valence-corrected chi connectivity index (χ2v) is 5.70. The molecule has 2 aromatic rings. The summed E-state index contributed by atoms with van der Waals surface area (Å²) in [6.45, 7) is 2.64. The Kier molecular flexibility index (Phi) is 5.21. The molecule has 20 heavy (non-hydrogen) atoms. The van der Waals surface area contributed by atoms with Gasteiger partial charge in [0, 0.05) is 16.6 Å². The fraction of sp³-hybridized carbons (Fsp3) is 0.188. The standard InChI is InChI=1S/C16H15BrClNO/c1-2-11-5-3-4-6-13(11)10-19-16(20)12-7-8-15(18)14(17)9-12/h3-9H,2,10H2,1H3,(H,19,20). The third-order valence-electron chi connectivity index (χ3n) is 3.12. The fourth-order valence-corrected chi connectivity index (χ4v) is 2.49. The van der Waals surface area contributed by atoms with Gasteiger partial charge in [0.15, 0.2) is 0 Å². The van der Waals surface area contributed by atoms with E-state index in [0.717, 1.165) is 16.5 Å². The molecular weight excluding hydrogens is 338 g/mol. The minimum Gasteiger partial charge on any atom is -0.348 e. The number of benzene rings is 2. The molecule has 1 N–H and O–H groups in total. The fourth-order valence-electron chi connectivity index (χ4n) is 1.99. The van der Waals surface area contributed by atoms with Gasteiger partial charge in [-0.1, -0.05) is 42.8 Å². The smallest absolute Gasteiger partial charge is 0.251 e. The first-order chi connectivity index (χ1) is 9.61. The van der Waals surface area contributed by atoms with Crippen LogP contribution in [0.25, 0.3) is 0 Å². The normalized spacial score (nSPS) is 10.3. The van der Waals surface area contributed by atoms with Crippen molar-refractivity contribution in [3.05, 3.63) is 68.7 Å².